The van der Waals surface area contributed by atoms with Crippen molar-refractivity contribution in [3.8, 4) is 0 Å². The largest absolute Gasteiger partial charge is 0.481 e. The molecule has 1 unspecified atom stereocenters. The summed E-state index contributed by atoms with van der Waals surface area (Å²) in [5.74, 6) is -0.776. The zero-order valence-corrected chi connectivity index (χ0v) is 11.4. The molecule has 0 aliphatic carbocycles. The summed E-state index contributed by atoms with van der Waals surface area (Å²) in [7, 11) is -3.02. The standard InChI is InChI=1S/C11H23NO4S/c1-3-6-11(9-12,10(13)14)7-5-8-17(15,16)4-2/h3-9,12H2,1-2H3,(H,13,14). The molecule has 0 aromatic heterocycles. The first-order chi connectivity index (χ1) is 7.83. The van der Waals surface area contributed by atoms with Gasteiger partial charge in [0.1, 0.15) is 9.84 Å². The predicted molar refractivity (Wildman–Crippen MR) is 67.6 cm³/mol. The minimum Gasteiger partial charge on any atom is -0.481 e. The molecule has 3 N–H and O–H groups in total. The van der Waals surface area contributed by atoms with E-state index in [-0.39, 0.29) is 18.1 Å². The van der Waals surface area contributed by atoms with Crippen molar-refractivity contribution in [3.63, 3.8) is 0 Å². The van der Waals surface area contributed by atoms with E-state index < -0.39 is 21.2 Å². The van der Waals surface area contributed by atoms with E-state index in [1.165, 1.54) is 0 Å². The third-order valence-electron chi connectivity index (χ3n) is 3.12. The second-order valence-electron chi connectivity index (χ2n) is 4.38. The van der Waals surface area contributed by atoms with E-state index in [1.807, 2.05) is 6.92 Å². The highest BCUT2D eigenvalue weighted by molar-refractivity contribution is 7.91. The third kappa shape index (κ3) is 5.04. The Balaban J connectivity index is 4.51. The van der Waals surface area contributed by atoms with Crippen molar-refractivity contribution >= 4 is 15.8 Å². The molecule has 0 radical (unpaired) electrons. The van der Waals surface area contributed by atoms with Gasteiger partial charge in [-0.25, -0.2) is 8.42 Å². The number of sulfone groups is 1. The lowest BCUT2D eigenvalue weighted by molar-refractivity contribution is -0.149. The number of hydrogen-bond donors (Lipinski definition) is 2. The number of rotatable bonds is 9. The van der Waals surface area contributed by atoms with Crippen molar-refractivity contribution < 1.29 is 18.3 Å². The Labute approximate surface area is 103 Å². The fourth-order valence-electron chi connectivity index (χ4n) is 1.88. The van der Waals surface area contributed by atoms with Crippen LogP contribution in [0.5, 0.6) is 0 Å². The molecule has 0 bridgehead atoms. The van der Waals surface area contributed by atoms with E-state index in [0.29, 0.717) is 19.3 Å². The number of carboxylic acids is 1. The monoisotopic (exact) mass is 265 g/mol. The van der Waals surface area contributed by atoms with E-state index >= 15 is 0 Å². The van der Waals surface area contributed by atoms with Gasteiger partial charge in [0.05, 0.1) is 11.2 Å². The highest BCUT2D eigenvalue weighted by Gasteiger charge is 2.35. The van der Waals surface area contributed by atoms with Crippen LogP contribution in [-0.2, 0) is 14.6 Å². The van der Waals surface area contributed by atoms with Gasteiger partial charge in [-0.1, -0.05) is 20.3 Å². The summed E-state index contributed by atoms with van der Waals surface area (Å²) in [4.78, 5) is 11.2. The van der Waals surface area contributed by atoms with Gasteiger partial charge in [-0.05, 0) is 19.3 Å². The van der Waals surface area contributed by atoms with E-state index in [2.05, 4.69) is 0 Å². The molecule has 6 heteroatoms. The van der Waals surface area contributed by atoms with Gasteiger partial charge in [-0.15, -0.1) is 0 Å². The van der Waals surface area contributed by atoms with Gasteiger partial charge in [-0.2, -0.15) is 0 Å². The molecule has 102 valence electrons. The molecule has 0 spiro atoms. The fraction of sp³-hybridized carbons (Fsp3) is 0.909. The normalized spacial score (nSPS) is 15.5. The van der Waals surface area contributed by atoms with Crippen molar-refractivity contribution in [2.24, 2.45) is 11.1 Å². The van der Waals surface area contributed by atoms with E-state index in [9.17, 15) is 18.3 Å². The van der Waals surface area contributed by atoms with Crippen LogP contribution in [0, 0.1) is 5.41 Å². The van der Waals surface area contributed by atoms with Gasteiger partial charge in [0.25, 0.3) is 0 Å². The minimum absolute atomic E-state index is 0.0439. The minimum atomic E-state index is -3.02. The molecule has 0 fully saturated rings. The number of hydrogen-bond acceptors (Lipinski definition) is 4. The molecule has 0 saturated heterocycles. The van der Waals surface area contributed by atoms with Crippen LogP contribution in [0.15, 0.2) is 0 Å². The maximum Gasteiger partial charge on any atom is 0.310 e. The maximum atomic E-state index is 11.3. The summed E-state index contributed by atoms with van der Waals surface area (Å²) < 4.78 is 22.6. The van der Waals surface area contributed by atoms with E-state index in [0.717, 1.165) is 6.42 Å². The number of nitrogens with two attached hydrogens (primary N) is 1. The Kier molecular flexibility index (Phi) is 6.70. The second-order valence-corrected chi connectivity index (χ2v) is 6.85. The third-order valence-corrected chi connectivity index (χ3v) is 4.91. The molecule has 0 saturated carbocycles. The SMILES string of the molecule is CCCC(CN)(CCCS(=O)(=O)CC)C(=O)O. The van der Waals surface area contributed by atoms with Gasteiger partial charge in [-0.3, -0.25) is 4.79 Å². The molecular formula is C11H23NO4S. The first-order valence-corrected chi connectivity index (χ1v) is 7.79. The molecule has 0 aromatic carbocycles. The van der Waals surface area contributed by atoms with Crippen LogP contribution < -0.4 is 5.73 Å². The molecule has 0 amide bonds. The van der Waals surface area contributed by atoms with Crippen molar-refractivity contribution in [2.75, 3.05) is 18.1 Å². The Bertz CT molecular complexity index is 339. The Morgan fingerprint density at radius 1 is 1.29 bits per heavy atom. The maximum absolute atomic E-state index is 11.3. The molecule has 0 aliphatic rings. The first-order valence-electron chi connectivity index (χ1n) is 5.97. The van der Waals surface area contributed by atoms with Crippen LogP contribution in [0.25, 0.3) is 0 Å². The highest BCUT2D eigenvalue weighted by Crippen LogP contribution is 2.29. The van der Waals surface area contributed by atoms with Gasteiger partial charge < -0.3 is 10.8 Å². The van der Waals surface area contributed by atoms with Crippen LogP contribution in [-0.4, -0.2) is 37.5 Å². The average Bonchev–Trinajstić information content (AvgIpc) is 2.27. The number of aliphatic carboxylic acids is 1. The molecule has 0 heterocycles. The molecule has 0 rings (SSSR count). The highest BCUT2D eigenvalue weighted by atomic mass is 32.2. The molecule has 0 aliphatic heterocycles. The topological polar surface area (TPSA) is 97.5 Å². The smallest absolute Gasteiger partial charge is 0.310 e. The van der Waals surface area contributed by atoms with E-state index in [1.54, 1.807) is 6.92 Å². The van der Waals surface area contributed by atoms with Crippen molar-refractivity contribution in [3.05, 3.63) is 0 Å². The quantitative estimate of drug-likeness (QED) is 0.649. The van der Waals surface area contributed by atoms with Crippen molar-refractivity contribution in [1.29, 1.82) is 0 Å². The van der Waals surface area contributed by atoms with E-state index in [4.69, 9.17) is 5.73 Å². The zero-order chi connectivity index (χ0) is 13.5. The summed E-state index contributed by atoms with van der Waals surface area (Å²) in [5.41, 5.74) is 4.59. The second kappa shape index (κ2) is 6.96. The first kappa shape index (κ1) is 16.4. The Morgan fingerprint density at radius 2 is 1.88 bits per heavy atom. The van der Waals surface area contributed by atoms with Crippen LogP contribution in [0.1, 0.15) is 39.5 Å². The molecule has 17 heavy (non-hydrogen) atoms. The summed E-state index contributed by atoms with van der Waals surface area (Å²) in [6.07, 6.45) is 1.90. The number of carbonyl (C=O) groups is 1. The van der Waals surface area contributed by atoms with Crippen LogP contribution in [0.2, 0.25) is 0 Å². The number of carboxylic acid groups (broad SMARTS) is 1. The molecule has 1 atom stereocenters. The van der Waals surface area contributed by atoms with Gasteiger partial charge in [0.2, 0.25) is 0 Å². The fourth-order valence-corrected chi connectivity index (χ4v) is 2.76. The van der Waals surface area contributed by atoms with Gasteiger partial charge in [0.15, 0.2) is 0 Å². The lowest BCUT2D eigenvalue weighted by atomic mass is 9.79. The molecule has 5 nitrogen and oxygen atoms in total. The lowest BCUT2D eigenvalue weighted by Gasteiger charge is -2.27. The van der Waals surface area contributed by atoms with Crippen molar-refractivity contribution in [1.82, 2.24) is 0 Å². The van der Waals surface area contributed by atoms with Crippen LogP contribution in [0.3, 0.4) is 0 Å². The van der Waals surface area contributed by atoms with Crippen LogP contribution in [0.4, 0.5) is 0 Å². The predicted octanol–water partition coefficient (Wildman–Crippen LogP) is 1.03. The zero-order valence-electron chi connectivity index (χ0n) is 10.6. The van der Waals surface area contributed by atoms with Crippen LogP contribution >= 0.6 is 0 Å². The molecular weight excluding hydrogens is 242 g/mol. The van der Waals surface area contributed by atoms with Gasteiger partial charge in [0, 0.05) is 12.3 Å². The summed E-state index contributed by atoms with van der Waals surface area (Å²) in [6.45, 7) is 3.55. The van der Waals surface area contributed by atoms with Gasteiger partial charge >= 0.3 is 5.97 Å². The lowest BCUT2D eigenvalue weighted by Crippen LogP contribution is -2.39. The average molecular weight is 265 g/mol. The summed E-state index contributed by atoms with van der Waals surface area (Å²) in [6, 6.07) is 0. The summed E-state index contributed by atoms with van der Waals surface area (Å²) in [5, 5.41) is 9.21. The summed E-state index contributed by atoms with van der Waals surface area (Å²) >= 11 is 0. The Hall–Kier alpha value is -0.620. The molecule has 0 aromatic rings. The Morgan fingerprint density at radius 3 is 2.24 bits per heavy atom. The van der Waals surface area contributed by atoms with Crippen molar-refractivity contribution in [2.45, 2.75) is 39.5 Å².